The highest BCUT2D eigenvalue weighted by Crippen LogP contribution is 2.19. The Morgan fingerprint density at radius 1 is 1.40 bits per heavy atom. The third kappa shape index (κ3) is 4.04. The summed E-state index contributed by atoms with van der Waals surface area (Å²) in [6, 6.07) is 7.02. The Labute approximate surface area is 121 Å². The monoisotopic (exact) mass is 292 g/mol. The zero-order chi connectivity index (χ0) is 14.4. The van der Waals surface area contributed by atoms with Crippen LogP contribution in [-0.2, 0) is 4.74 Å². The Bertz CT molecular complexity index is 583. The zero-order valence-electron chi connectivity index (χ0n) is 11.4. The van der Waals surface area contributed by atoms with E-state index in [0.29, 0.717) is 29.7 Å². The van der Waals surface area contributed by atoms with Crippen LogP contribution in [-0.4, -0.2) is 31.2 Å². The second-order valence-electron chi connectivity index (χ2n) is 4.10. The summed E-state index contributed by atoms with van der Waals surface area (Å²) in [5.74, 6) is 0.446. The van der Waals surface area contributed by atoms with Crippen molar-refractivity contribution in [1.29, 1.82) is 0 Å². The zero-order valence-corrected chi connectivity index (χ0v) is 12.2. The fourth-order valence-electron chi connectivity index (χ4n) is 1.55. The van der Waals surface area contributed by atoms with Crippen molar-refractivity contribution in [3.63, 3.8) is 0 Å². The van der Waals surface area contributed by atoms with E-state index in [1.807, 2.05) is 6.92 Å². The van der Waals surface area contributed by atoms with Crippen molar-refractivity contribution in [2.45, 2.75) is 6.92 Å². The molecule has 1 heterocycles. The molecule has 0 spiro atoms. The summed E-state index contributed by atoms with van der Waals surface area (Å²) < 4.78 is 10.4. The van der Waals surface area contributed by atoms with Gasteiger partial charge in [0.15, 0.2) is 5.13 Å². The lowest BCUT2D eigenvalue weighted by atomic mass is 10.2. The molecule has 0 saturated carbocycles. The van der Waals surface area contributed by atoms with Gasteiger partial charge >= 0.3 is 0 Å². The molecule has 0 unspecified atom stereocenters. The number of thiazole rings is 1. The van der Waals surface area contributed by atoms with Gasteiger partial charge < -0.3 is 9.47 Å². The minimum absolute atomic E-state index is 0.198. The number of nitrogens with one attached hydrogen (secondary N) is 1. The SMILES string of the molecule is COCCOc1cccc(C(=O)Nc2ncc(C)s2)c1. The summed E-state index contributed by atoms with van der Waals surface area (Å²) in [6.45, 7) is 2.90. The number of carbonyl (C=O) groups excluding carboxylic acids is 1. The van der Waals surface area contributed by atoms with Gasteiger partial charge in [0.05, 0.1) is 6.61 Å². The Morgan fingerprint density at radius 2 is 2.25 bits per heavy atom. The number of anilines is 1. The molecular weight excluding hydrogens is 276 g/mol. The van der Waals surface area contributed by atoms with Crippen LogP contribution < -0.4 is 10.1 Å². The number of methoxy groups -OCH3 is 1. The first-order valence-corrected chi connectivity index (χ1v) is 6.96. The summed E-state index contributed by atoms with van der Waals surface area (Å²) in [4.78, 5) is 17.2. The van der Waals surface area contributed by atoms with E-state index in [-0.39, 0.29) is 5.91 Å². The molecule has 20 heavy (non-hydrogen) atoms. The van der Waals surface area contributed by atoms with Crippen LogP contribution in [0.3, 0.4) is 0 Å². The van der Waals surface area contributed by atoms with E-state index in [0.717, 1.165) is 4.88 Å². The van der Waals surface area contributed by atoms with Crippen molar-refractivity contribution in [2.24, 2.45) is 0 Å². The van der Waals surface area contributed by atoms with Crippen LogP contribution in [0, 0.1) is 6.92 Å². The van der Waals surface area contributed by atoms with Crippen LogP contribution in [0.4, 0.5) is 5.13 Å². The summed E-state index contributed by atoms with van der Waals surface area (Å²) >= 11 is 1.44. The maximum Gasteiger partial charge on any atom is 0.257 e. The lowest BCUT2D eigenvalue weighted by Gasteiger charge is -2.07. The number of benzene rings is 1. The Balaban J connectivity index is 2.00. The van der Waals surface area contributed by atoms with E-state index in [2.05, 4.69) is 10.3 Å². The van der Waals surface area contributed by atoms with Gasteiger partial charge in [0.2, 0.25) is 0 Å². The molecule has 1 N–H and O–H groups in total. The first-order valence-electron chi connectivity index (χ1n) is 6.14. The maximum absolute atomic E-state index is 12.1. The Hall–Kier alpha value is -1.92. The van der Waals surface area contributed by atoms with Gasteiger partial charge in [-0.05, 0) is 25.1 Å². The predicted molar refractivity (Wildman–Crippen MR) is 78.6 cm³/mol. The van der Waals surface area contributed by atoms with Crippen molar-refractivity contribution in [1.82, 2.24) is 4.98 Å². The first-order chi connectivity index (χ1) is 9.69. The third-order valence-electron chi connectivity index (χ3n) is 2.49. The van der Waals surface area contributed by atoms with Crippen molar-refractivity contribution >= 4 is 22.4 Å². The van der Waals surface area contributed by atoms with E-state index in [1.165, 1.54) is 11.3 Å². The highest BCUT2D eigenvalue weighted by molar-refractivity contribution is 7.15. The number of nitrogens with zero attached hydrogens (tertiary/aromatic N) is 1. The highest BCUT2D eigenvalue weighted by Gasteiger charge is 2.09. The Morgan fingerprint density at radius 3 is 2.95 bits per heavy atom. The molecule has 6 heteroatoms. The first kappa shape index (κ1) is 14.5. The van der Waals surface area contributed by atoms with E-state index in [1.54, 1.807) is 37.6 Å². The smallest absolute Gasteiger partial charge is 0.257 e. The molecular formula is C14H16N2O3S. The second-order valence-corrected chi connectivity index (χ2v) is 5.33. The number of amides is 1. The second kappa shape index (κ2) is 7.02. The third-order valence-corrected chi connectivity index (χ3v) is 3.32. The molecule has 0 radical (unpaired) electrons. The van der Waals surface area contributed by atoms with Crippen LogP contribution in [0.15, 0.2) is 30.5 Å². The van der Waals surface area contributed by atoms with E-state index in [9.17, 15) is 4.79 Å². The average molecular weight is 292 g/mol. The molecule has 0 saturated heterocycles. The van der Waals surface area contributed by atoms with Crippen molar-refractivity contribution in [2.75, 3.05) is 25.6 Å². The number of aromatic nitrogens is 1. The molecule has 106 valence electrons. The largest absolute Gasteiger partial charge is 0.491 e. The normalized spacial score (nSPS) is 10.3. The number of hydrogen-bond donors (Lipinski definition) is 1. The summed E-state index contributed by atoms with van der Waals surface area (Å²) in [6.07, 6.45) is 1.73. The molecule has 0 fully saturated rings. The number of ether oxygens (including phenoxy) is 2. The molecule has 0 atom stereocenters. The molecule has 0 bridgehead atoms. The topological polar surface area (TPSA) is 60.5 Å². The number of aryl methyl sites for hydroxylation is 1. The summed E-state index contributed by atoms with van der Waals surface area (Å²) in [7, 11) is 1.61. The summed E-state index contributed by atoms with van der Waals surface area (Å²) in [5, 5.41) is 3.36. The molecule has 0 aliphatic heterocycles. The maximum atomic E-state index is 12.1. The molecule has 0 aliphatic rings. The molecule has 2 rings (SSSR count). The van der Waals surface area contributed by atoms with Gasteiger partial charge in [-0.1, -0.05) is 6.07 Å². The van der Waals surface area contributed by atoms with Gasteiger partial charge in [0.1, 0.15) is 12.4 Å². The molecule has 1 aromatic carbocycles. The fraction of sp³-hybridized carbons (Fsp3) is 0.286. The standard InChI is InChI=1S/C14H16N2O3S/c1-10-9-15-14(20-10)16-13(17)11-4-3-5-12(8-11)19-7-6-18-2/h3-5,8-9H,6-7H2,1-2H3,(H,15,16,17). The Kier molecular flexibility index (Phi) is 5.09. The minimum Gasteiger partial charge on any atom is -0.491 e. The molecule has 5 nitrogen and oxygen atoms in total. The van der Waals surface area contributed by atoms with Crippen molar-refractivity contribution < 1.29 is 14.3 Å². The number of hydrogen-bond acceptors (Lipinski definition) is 5. The van der Waals surface area contributed by atoms with Crippen molar-refractivity contribution in [3.8, 4) is 5.75 Å². The van der Waals surface area contributed by atoms with Gasteiger partial charge in [0, 0.05) is 23.7 Å². The summed E-state index contributed by atoms with van der Waals surface area (Å²) in [5.41, 5.74) is 0.535. The molecule has 0 aliphatic carbocycles. The van der Waals surface area contributed by atoms with Crippen LogP contribution in [0.5, 0.6) is 5.75 Å². The van der Waals surface area contributed by atoms with E-state index < -0.39 is 0 Å². The lowest BCUT2D eigenvalue weighted by Crippen LogP contribution is -2.12. The predicted octanol–water partition coefficient (Wildman–Crippen LogP) is 2.73. The van der Waals surface area contributed by atoms with E-state index in [4.69, 9.17) is 9.47 Å². The van der Waals surface area contributed by atoms with Crippen LogP contribution in [0.1, 0.15) is 15.2 Å². The van der Waals surface area contributed by atoms with Gasteiger partial charge in [-0.2, -0.15) is 0 Å². The van der Waals surface area contributed by atoms with Gasteiger partial charge in [-0.3, -0.25) is 10.1 Å². The number of carbonyl (C=O) groups is 1. The number of rotatable bonds is 6. The fourth-order valence-corrected chi connectivity index (χ4v) is 2.21. The minimum atomic E-state index is -0.198. The molecule has 2 aromatic rings. The quantitative estimate of drug-likeness (QED) is 0.832. The van der Waals surface area contributed by atoms with Crippen LogP contribution >= 0.6 is 11.3 Å². The molecule has 1 aromatic heterocycles. The van der Waals surface area contributed by atoms with Crippen LogP contribution in [0.25, 0.3) is 0 Å². The average Bonchev–Trinajstić information content (AvgIpc) is 2.85. The van der Waals surface area contributed by atoms with Gasteiger partial charge in [-0.15, -0.1) is 11.3 Å². The van der Waals surface area contributed by atoms with Gasteiger partial charge in [0.25, 0.3) is 5.91 Å². The van der Waals surface area contributed by atoms with Crippen molar-refractivity contribution in [3.05, 3.63) is 40.9 Å². The van der Waals surface area contributed by atoms with E-state index >= 15 is 0 Å². The van der Waals surface area contributed by atoms with Gasteiger partial charge in [-0.25, -0.2) is 4.98 Å². The van der Waals surface area contributed by atoms with Crippen LogP contribution in [0.2, 0.25) is 0 Å². The molecule has 1 amide bonds. The highest BCUT2D eigenvalue weighted by atomic mass is 32.1. The lowest BCUT2D eigenvalue weighted by molar-refractivity contribution is 0.102.